The van der Waals surface area contributed by atoms with Gasteiger partial charge in [-0.05, 0) is 36.4 Å². The second-order valence-corrected chi connectivity index (χ2v) is 8.07. The topological polar surface area (TPSA) is 108 Å². The number of amides is 4. The highest BCUT2D eigenvalue weighted by Gasteiger charge is 2.35. The predicted octanol–water partition coefficient (Wildman–Crippen LogP) is 2.11. The third kappa shape index (κ3) is 5.20. The molecule has 2 saturated heterocycles. The molecule has 9 heteroatoms. The van der Waals surface area contributed by atoms with Crippen LogP contribution >= 0.6 is 0 Å². The van der Waals surface area contributed by atoms with Crippen molar-refractivity contribution in [1.29, 1.82) is 0 Å². The van der Waals surface area contributed by atoms with Gasteiger partial charge in [-0.25, -0.2) is 0 Å². The average Bonchev–Trinajstić information content (AvgIpc) is 3.21. The first kappa shape index (κ1) is 22.5. The molecule has 0 radical (unpaired) electrons. The van der Waals surface area contributed by atoms with Crippen molar-refractivity contribution < 1.29 is 23.9 Å². The number of carbonyl (C=O) groups excluding carboxylic acids is 4. The minimum Gasteiger partial charge on any atom is -0.378 e. The van der Waals surface area contributed by atoms with Crippen molar-refractivity contribution in [2.75, 3.05) is 48.4 Å². The number of rotatable bonds is 5. The Bertz CT molecular complexity index is 1060. The Balaban J connectivity index is 1.43. The number of hydrogen-bond acceptors (Lipinski definition) is 5. The van der Waals surface area contributed by atoms with Gasteiger partial charge in [0.1, 0.15) is 0 Å². The first-order valence-electron chi connectivity index (χ1n) is 10.9. The molecule has 33 heavy (non-hydrogen) atoms. The number of benzene rings is 2. The lowest BCUT2D eigenvalue weighted by molar-refractivity contribution is -0.122. The van der Waals surface area contributed by atoms with Crippen molar-refractivity contribution in [3.05, 3.63) is 54.1 Å². The molecule has 0 aromatic heterocycles. The fraction of sp³-hybridized carbons (Fsp3) is 0.333. The summed E-state index contributed by atoms with van der Waals surface area (Å²) in [6, 6.07) is 13.8. The highest BCUT2D eigenvalue weighted by Crippen LogP contribution is 2.28. The van der Waals surface area contributed by atoms with Crippen LogP contribution in [0, 0.1) is 5.92 Å². The molecule has 1 unspecified atom stereocenters. The van der Waals surface area contributed by atoms with Gasteiger partial charge in [0.15, 0.2) is 0 Å². The molecule has 4 rings (SSSR count). The van der Waals surface area contributed by atoms with E-state index < -0.39 is 5.92 Å². The number of anilines is 3. The van der Waals surface area contributed by atoms with E-state index in [0.717, 1.165) is 0 Å². The fourth-order valence-electron chi connectivity index (χ4n) is 4.01. The van der Waals surface area contributed by atoms with E-state index in [4.69, 9.17) is 4.74 Å². The average molecular weight is 450 g/mol. The molecule has 2 fully saturated rings. The molecule has 2 aromatic carbocycles. The van der Waals surface area contributed by atoms with Crippen molar-refractivity contribution in [2.45, 2.75) is 13.3 Å². The summed E-state index contributed by atoms with van der Waals surface area (Å²) < 4.78 is 5.31. The molecule has 2 heterocycles. The van der Waals surface area contributed by atoms with E-state index >= 15 is 0 Å². The first-order chi connectivity index (χ1) is 15.9. The summed E-state index contributed by atoms with van der Waals surface area (Å²) in [4.78, 5) is 53.0. The molecule has 2 N–H and O–H groups in total. The van der Waals surface area contributed by atoms with Crippen LogP contribution in [-0.4, -0.2) is 61.4 Å². The SMILES string of the molecule is CC(=O)Nc1ccc(N2CC(C(=O)Nc3ccccc3C(=O)N3CCOCC3)CC2=O)cc1. The zero-order valence-electron chi connectivity index (χ0n) is 18.4. The van der Waals surface area contributed by atoms with Crippen molar-refractivity contribution in [3.8, 4) is 0 Å². The molecule has 0 spiro atoms. The molecule has 1 atom stereocenters. The molecule has 2 aliphatic rings. The van der Waals surface area contributed by atoms with Crippen LogP contribution < -0.4 is 15.5 Å². The standard InChI is InChI=1S/C24H26N4O5/c1-16(29)25-18-6-8-19(9-7-18)28-15-17(14-22(28)30)23(31)26-21-5-3-2-4-20(21)24(32)27-10-12-33-13-11-27/h2-9,17H,10-15H2,1H3,(H,25,29)(H,26,31). The minimum absolute atomic E-state index is 0.0822. The second kappa shape index (κ2) is 9.83. The monoisotopic (exact) mass is 450 g/mol. The summed E-state index contributed by atoms with van der Waals surface area (Å²) in [7, 11) is 0. The Morgan fingerprint density at radius 1 is 0.970 bits per heavy atom. The number of nitrogens with one attached hydrogen (secondary N) is 2. The van der Waals surface area contributed by atoms with E-state index in [9.17, 15) is 19.2 Å². The molecule has 0 aliphatic carbocycles. The molecule has 9 nitrogen and oxygen atoms in total. The summed E-state index contributed by atoms with van der Waals surface area (Å²) in [5, 5.41) is 5.53. The highest BCUT2D eigenvalue weighted by atomic mass is 16.5. The van der Waals surface area contributed by atoms with Crippen molar-refractivity contribution in [1.82, 2.24) is 4.90 Å². The number of nitrogens with zero attached hydrogens (tertiary/aromatic N) is 2. The Hall–Kier alpha value is -3.72. The summed E-state index contributed by atoms with van der Waals surface area (Å²) in [5.74, 6) is -1.33. The maximum Gasteiger partial charge on any atom is 0.256 e. The Labute approximate surface area is 191 Å². The number of para-hydroxylation sites is 1. The predicted molar refractivity (Wildman–Crippen MR) is 123 cm³/mol. The molecule has 2 aliphatic heterocycles. The third-order valence-corrected chi connectivity index (χ3v) is 5.71. The summed E-state index contributed by atoms with van der Waals surface area (Å²) in [5.41, 5.74) is 2.15. The van der Waals surface area contributed by atoms with E-state index in [2.05, 4.69) is 10.6 Å². The van der Waals surface area contributed by atoms with Crippen LogP contribution in [0.25, 0.3) is 0 Å². The summed E-state index contributed by atoms with van der Waals surface area (Å²) >= 11 is 0. The van der Waals surface area contributed by atoms with Gasteiger partial charge in [0.25, 0.3) is 5.91 Å². The maximum atomic E-state index is 13.0. The molecular weight excluding hydrogens is 424 g/mol. The van der Waals surface area contributed by atoms with Gasteiger partial charge >= 0.3 is 0 Å². The van der Waals surface area contributed by atoms with E-state index in [-0.39, 0.29) is 36.6 Å². The van der Waals surface area contributed by atoms with Gasteiger partial charge in [0, 0.05) is 44.4 Å². The van der Waals surface area contributed by atoms with Crippen LogP contribution in [0.15, 0.2) is 48.5 Å². The van der Waals surface area contributed by atoms with Crippen molar-refractivity contribution in [2.24, 2.45) is 5.92 Å². The summed E-state index contributed by atoms with van der Waals surface area (Å²) in [6.45, 7) is 3.66. The Morgan fingerprint density at radius 2 is 1.67 bits per heavy atom. The number of morpholine rings is 1. The van der Waals surface area contributed by atoms with Gasteiger partial charge in [-0.1, -0.05) is 12.1 Å². The number of ether oxygens (including phenoxy) is 1. The van der Waals surface area contributed by atoms with Gasteiger partial charge in [-0.15, -0.1) is 0 Å². The quantitative estimate of drug-likeness (QED) is 0.726. The van der Waals surface area contributed by atoms with Crippen molar-refractivity contribution >= 4 is 40.7 Å². The van der Waals surface area contributed by atoms with Crippen LogP contribution in [0.1, 0.15) is 23.7 Å². The largest absolute Gasteiger partial charge is 0.378 e. The first-order valence-corrected chi connectivity index (χ1v) is 10.9. The Kier molecular flexibility index (Phi) is 6.69. The third-order valence-electron chi connectivity index (χ3n) is 5.71. The fourth-order valence-corrected chi connectivity index (χ4v) is 4.01. The normalized spacial score (nSPS) is 18.2. The van der Waals surface area contributed by atoms with Crippen molar-refractivity contribution in [3.63, 3.8) is 0 Å². The second-order valence-electron chi connectivity index (χ2n) is 8.07. The van der Waals surface area contributed by atoms with Gasteiger partial charge in [-0.2, -0.15) is 0 Å². The lowest BCUT2D eigenvalue weighted by Gasteiger charge is -2.27. The molecule has 172 valence electrons. The maximum absolute atomic E-state index is 13.0. The molecule has 4 amide bonds. The zero-order chi connectivity index (χ0) is 23.4. The van der Waals surface area contributed by atoms with E-state index in [1.165, 1.54) is 6.92 Å². The zero-order valence-corrected chi connectivity index (χ0v) is 18.4. The lowest BCUT2D eigenvalue weighted by Crippen LogP contribution is -2.41. The smallest absolute Gasteiger partial charge is 0.256 e. The minimum atomic E-state index is -0.543. The van der Waals surface area contributed by atoms with Gasteiger partial charge in [-0.3, -0.25) is 19.2 Å². The van der Waals surface area contributed by atoms with E-state index in [0.29, 0.717) is 48.9 Å². The van der Waals surface area contributed by atoms with E-state index in [1.807, 2.05) is 0 Å². The molecule has 0 saturated carbocycles. The highest BCUT2D eigenvalue weighted by molar-refractivity contribution is 6.07. The van der Waals surface area contributed by atoms with Crippen LogP contribution in [0.5, 0.6) is 0 Å². The van der Waals surface area contributed by atoms with E-state index in [1.54, 1.807) is 58.3 Å². The molecular formula is C24H26N4O5. The van der Waals surface area contributed by atoms with Crippen LogP contribution in [-0.2, 0) is 19.1 Å². The molecule has 0 bridgehead atoms. The van der Waals surface area contributed by atoms with Crippen LogP contribution in [0.3, 0.4) is 0 Å². The van der Waals surface area contributed by atoms with Crippen LogP contribution in [0.2, 0.25) is 0 Å². The van der Waals surface area contributed by atoms with Crippen LogP contribution in [0.4, 0.5) is 17.1 Å². The van der Waals surface area contributed by atoms with Gasteiger partial charge in [0.2, 0.25) is 17.7 Å². The number of carbonyl (C=O) groups is 4. The summed E-state index contributed by atoms with van der Waals surface area (Å²) in [6.07, 6.45) is 0.0822. The number of hydrogen-bond donors (Lipinski definition) is 2. The van der Waals surface area contributed by atoms with Gasteiger partial charge < -0.3 is 25.2 Å². The lowest BCUT2D eigenvalue weighted by atomic mass is 10.1. The molecule has 2 aromatic rings. The Morgan fingerprint density at radius 3 is 2.36 bits per heavy atom. The van der Waals surface area contributed by atoms with Gasteiger partial charge in [0.05, 0.1) is 30.4 Å².